The molecule has 1 atom stereocenters. The first kappa shape index (κ1) is 13.2. The first-order valence-corrected chi connectivity index (χ1v) is 6.79. The predicted octanol–water partition coefficient (Wildman–Crippen LogP) is 3.12. The van der Waals surface area contributed by atoms with Gasteiger partial charge in [0.2, 0.25) is 0 Å². The molecule has 1 aliphatic rings. The maximum absolute atomic E-state index is 12.2. The van der Waals surface area contributed by atoms with Crippen molar-refractivity contribution in [3.05, 3.63) is 29.3 Å². The van der Waals surface area contributed by atoms with Crippen LogP contribution in [0.5, 0.6) is 5.75 Å². The Morgan fingerprint density at radius 3 is 2.50 bits per heavy atom. The van der Waals surface area contributed by atoms with Crippen LogP contribution in [0.4, 0.5) is 0 Å². The second-order valence-corrected chi connectivity index (χ2v) is 4.94. The summed E-state index contributed by atoms with van der Waals surface area (Å²) in [4.78, 5) is 14.1. The number of amides is 1. The second kappa shape index (κ2) is 6.10. The zero-order valence-corrected chi connectivity index (χ0v) is 11.3. The van der Waals surface area contributed by atoms with Gasteiger partial charge in [-0.25, -0.2) is 0 Å². The molecule has 0 aromatic heterocycles. The van der Waals surface area contributed by atoms with E-state index in [1.165, 1.54) is 0 Å². The number of benzene rings is 1. The van der Waals surface area contributed by atoms with Crippen LogP contribution in [0.25, 0.3) is 0 Å². The summed E-state index contributed by atoms with van der Waals surface area (Å²) in [6, 6.07) is 7.12. The molecular formula is C14H18ClNO2. The van der Waals surface area contributed by atoms with Crippen molar-refractivity contribution in [3.63, 3.8) is 0 Å². The Hall–Kier alpha value is -1.22. The van der Waals surface area contributed by atoms with E-state index in [2.05, 4.69) is 0 Å². The highest BCUT2D eigenvalue weighted by molar-refractivity contribution is 6.30. The molecule has 0 radical (unpaired) electrons. The Labute approximate surface area is 113 Å². The molecule has 18 heavy (non-hydrogen) atoms. The predicted molar refractivity (Wildman–Crippen MR) is 72.0 cm³/mol. The van der Waals surface area contributed by atoms with Gasteiger partial charge in [0.15, 0.2) is 6.10 Å². The third-order valence-electron chi connectivity index (χ3n) is 3.16. The zero-order chi connectivity index (χ0) is 13.0. The molecule has 1 aromatic carbocycles. The molecule has 1 saturated heterocycles. The Bertz CT molecular complexity index is 399. The van der Waals surface area contributed by atoms with E-state index >= 15 is 0 Å². The van der Waals surface area contributed by atoms with E-state index in [-0.39, 0.29) is 12.0 Å². The standard InChI is InChI=1S/C14H18ClNO2/c1-2-13(14(17)16-9-3-4-10-16)18-12-7-5-11(15)6-8-12/h5-8,13H,2-4,9-10H2,1H3/t13-/m1/s1. The Morgan fingerprint density at radius 1 is 1.33 bits per heavy atom. The molecule has 0 saturated carbocycles. The fourth-order valence-corrected chi connectivity index (χ4v) is 2.25. The van der Waals surface area contributed by atoms with Gasteiger partial charge in [-0.15, -0.1) is 0 Å². The number of nitrogens with zero attached hydrogens (tertiary/aromatic N) is 1. The van der Waals surface area contributed by atoms with Crippen molar-refractivity contribution in [3.8, 4) is 5.75 Å². The third-order valence-corrected chi connectivity index (χ3v) is 3.41. The largest absolute Gasteiger partial charge is 0.481 e. The Balaban J connectivity index is 2.00. The molecule has 4 heteroatoms. The van der Waals surface area contributed by atoms with Gasteiger partial charge in [-0.2, -0.15) is 0 Å². The minimum absolute atomic E-state index is 0.102. The maximum atomic E-state index is 12.2. The zero-order valence-electron chi connectivity index (χ0n) is 10.6. The number of rotatable bonds is 4. The van der Waals surface area contributed by atoms with Crippen LogP contribution >= 0.6 is 11.6 Å². The lowest BCUT2D eigenvalue weighted by Crippen LogP contribution is -2.40. The highest BCUT2D eigenvalue weighted by atomic mass is 35.5. The summed E-state index contributed by atoms with van der Waals surface area (Å²) in [5.74, 6) is 0.795. The van der Waals surface area contributed by atoms with Gasteiger partial charge in [0.05, 0.1) is 0 Å². The van der Waals surface area contributed by atoms with E-state index in [1.807, 2.05) is 11.8 Å². The molecule has 1 fully saturated rings. The highest BCUT2D eigenvalue weighted by Gasteiger charge is 2.26. The van der Waals surface area contributed by atoms with Crippen molar-refractivity contribution in [2.24, 2.45) is 0 Å². The highest BCUT2D eigenvalue weighted by Crippen LogP contribution is 2.19. The van der Waals surface area contributed by atoms with Gasteiger partial charge < -0.3 is 9.64 Å². The molecule has 0 aliphatic carbocycles. The van der Waals surface area contributed by atoms with Crippen molar-refractivity contribution in [1.82, 2.24) is 4.90 Å². The number of halogens is 1. The maximum Gasteiger partial charge on any atom is 0.263 e. The van der Waals surface area contributed by atoms with Crippen LogP contribution < -0.4 is 4.74 Å². The second-order valence-electron chi connectivity index (χ2n) is 4.50. The minimum Gasteiger partial charge on any atom is -0.481 e. The van der Waals surface area contributed by atoms with E-state index in [0.29, 0.717) is 17.2 Å². The first-order chi connectivity index (χ1) is 8.70. The summed E-state index contributed by atoms with van der Waals surface area (Å²) < 4.78 is 5.74. The van der Waals surface area contributed by atoms with E-state index in [4.69, 9.17) is 16.3 Å². The molecule has 1 aromatic rings. The van der Waals surface area contributed by atoms with Gasteiger partial charge in [-0.3, -0.25) is 4.79 Å². The van der Waals surface area contributed by atoms with Crippen molar-refractivity contribution < 1.29 is 9.53 Å². The molecular weight excluding hydrogens is 250 g/mol. The fourth-order valence-electron chi connectivity index (χ4n) is 2.13. The monoisotopic (exact) mass is 267 g/mol. The molecule has 2 rings (SSSR count). The Morgan fingerprint density at radius 2 is 1.94 bits per heavy atom. The quantitative estimate of drug-likeness (QED) is 0.839. The van der Waals surface area contributed by atoms with Gasteiger partial charge in [-0.05, 0) is 43.5 Å². The van der Waals surface area contributed by atoms with Crippen molar-refractivity contribution in [1.29, 1.82) is 0 Å². The average molecular weight is 268 g/mol. The molecule has 0 N–H and O–H groups in total. The number of carbonyl (C=O) groups excluding carboxylic acids is 1. The molecule has 98 valence electrons. The SMILES string of the molecule is CC[C@@H](Oc1ccc(Cl)cc1)C(=O)N1CCCC1. The lowest BCUT2D eigenvalue weighted by molar-refractivity contribution is -0.137. The number of ether oxygens (including phenoxy) is 1. The van der Waals surface area contributed by atoms with E-state index in [1.54, 1.807) is 24.3 Å². The van der Waals surface area contributed by atoms with Crippen LogP contribution in [-0.4, -0.2) is 30.0 Å². The van der Waals surface area contributed by atoms with E-state index in [9.17, 15) is 4.79 Å². The lowest BCUT2D eigenvalue weighted by Gasteiger charge is -2.23. The fraction of sp³-hybridized carbons (Fsp3) is 0.500. The molecule has 0 unspecified atom stereocenters. The van der Waals surface area contributed by atoms with E-state index in [0.717, 1.165) is 25.9 Å². The summed E-state index contributed by atoms with van der Waals surface area (Å²) in [5, 5.41) is 0.668. The smallest absolute Gasteiger partial charge is 0.263 e. The summed E-state index contributed by atoms with van der Waals surface area (Å²) in [6.45, 7) is 3.69. The summed E-state index contributed by atoms with van der Waals surface area (Å²) in [6.07, 6.45) is 2.49. The average Bonchev–Trinajstić information content (AvgIpc) is 2.91. The Kier molecular flexibility index (Phi) is 4.48. The van der Waals surface area contributed by atoms with Crippen LogP contribution in [0.1, 0.15) is 26.2 Å². The normalized spacial score (nSPS) is 16.7. The van der Waals surface area contributed by atoms with Gasteiger partial charge >= 0.3 is 0 Å². The topological polar surface area (TPSA) is 29.5 Å². The van der Waals surface area contributed by atoms with Gasteiger partial charge in [0.1, 0.15) is 5.75 Å². The van der Waals surface area contributed by atoms with Crippen molar-refractivity contribution in [2.75, 3.05) is 13.1 Å². The first-order valence-electron chi connectivity index (χ1n) is 6.41. The van der Waals surface area contributed by atoms with Crippen molar-refractivity contribution in [2.45, 2.75) is 32.3 Å². The van der Waals surface area contributed by atoms with Gasteiger partial charge in [0, 0.05) is 18.1 Å². The molecule has 1 amide bonds. The minimum atomic E-state index is -0.385. The summed E-state index contributed by atoms with van der Waals surface area (Å²) in [7, 11) is 0. The van der Waals surface area contributed by atoms with Crippen LogP contribution in [0.2, 0.25) is 5.02 Å². The number of hydrogen-bond donors (Lipinski definition) is 0. The van der Waals surface area contributed by atoms with Crippen LogP contribution in [0.3, 0.4) is 0 Å². The van der Waals surface area contributed by atoms with Crippen LogP contribution in [0, 0.1) is 0 Å². The third kappa shape index (κ3) is 3.16. The van der Waals surface area contributed by atoms with Gasteiger partial charge in [-0.1, -0.05) is 18.5 Å². The van der Waals surface area contributed by atoms with E-state index < -0.39 is 0 Å². The molecule has 0 bridgehead atoms. The molecule has 1 heterocycles. The van der Waals surface area contributed by atoms with Crippen LogP contribution in [0.15, 0.2) is 24.3 Å². The summed E-state index contributed by atoms with van der Waals surface area (Å²) >= 11 is 5.82. The number of likely N-dealkylation sites (tertiary alicyclic amines) is 1. The van der Waals surface area contributed by atoms with Crippen LogP contribution in [-0.2, 0) is 4.79 Å². The number of carbonyl (C=O) groups is 1. The van der Waals surface area contributed by atoms with Crippen molar-refractivity contribution >= 4 is 17.5 Å². The summed E-state index contributed by atoms with van der Waals surface area (Å²) in [5.41, 5.74) is 0. The molecule has 3 nitrogen and oxygen atoms in total. The van der Waals surface area contributed by atoms with Gasteiger partial charge in [0.25, 0.3) is 5.91 Å². The molecule has 1 aliphatic heterocycles. The number of hydrogen-bond acceptors (Lipinski definition) is 2. The lowest BCUT2D eigenvalue weighted by atomic mass is 10.2. The molecule has 0 spiro atoms.